The number of carbonyl (C=O) groups is 3. The highest BCUT2D eigenvalue weighted by molar-refractivity contribution is 7.92. The second kappa shape index (κ2) is 10.7. The average Bonchev–Trinajstić information content (AvgIpc) is 3.29. The monoisotopic (exact) mass is 549 g/mol. The predicted molar refractivity (Wildman–Crippen MR) is 140 cm³/mol. The summed E-state index contributed by atoms with van der Waals surface area (Å²) in [6.07, 6.45) is 3.42. The molecule has 12 heteroatoms. The Morgan fingerprint density at radius 1 is 1.14 bits per heavy atom. The van der Waals surface area contributed by atoms with Crippen LogP contribution in [0.2, 0.25) is 0 Å². The van der Waals surface area contributed by atoms with E-state index in [2.05, 4.69) is 10.3 Å². The molecule has 0 spiro atoms. The van der Waals surface area contributed by atoms with Crippen LogP contribution in [0.5, 0.6) is 0 Å². The molecule has 3 aromatic rings. The Morgan fingerprint density at radius 2 is 1.89 bits per heavy atom. The number of hydrogen-bond acceptors (Lipinski definition) is 8. The first-order chi connectivity index (χ1) is 17.1. The topological polar surface area (TPSA) is 124 Å². The second-order valence-corrected chi connectivity index (χ2v) is 12.8. The fraction of sp³-hybridized carbons (Fsp3) is 0.417. The number of nitrogens with zero attached hydrogens (tertiary/aromatic N) is 2. The van der Waals surface area contributed by atoms with Gasteiger partial charge in [-0.05, 0) is 62.8 Å². The lowest BCUT2D eigenvalue weighted by atomic mass is 9.95. The van der Waals surface area contributed by atoms with Crippen molar-refractivity contribution in [1.82, 2.24) is 4.57 Å². The molecule has 0 saturated heterocycles. The van der Waals surface area contributed by atoms with Crippen LogP contribution in [-0.4, -0.2) is 48.9 Å². The Labute approximate surface area is 216 Å². The van der Waals surface area contributed by atoms with Crippen LogP contribution < -0.4 is 10.1 Å². The molecule has 192 valence electrons. The van der Waals surface area contributed by atoms with Gasteiger partial charge in [-0.3, -0.25) is 9.59 Å². The van der Waals surface area contributed by atoms with Crippen molar-refractivity contribution >= 4 is 65.5 Å². The number of benzene rings is 1. The van der Waals surface area contributed by atoms with Gasteiger partial charge < -0.3 is 14.6 Å². The molecule has 9 nitrogen and oxygen atoms in total. The largest absolute Gasteiger partial charge is 0.462 e. The van der Waals surface area contributed by atoms with Crippen LogP contribution in [0, 0.1) is 6.92 Å². The lowest BCUT2D eigenvalue weighted by Gasteiger charge is -2.12. The quantitative estimate of drug-likeness (QED) is 0.452. The van der Waals surface area contributed by atoms with E-state index in [0.29, 0.717) is 21.8 Å². The molecular formula is C24H27N3O6S3. The van der Waals surface area contributed by atoms with Crippen molar-refractivity contribution in [2.45, 2.75) is 39.5 Å². The number of hydrogen-bond donors (Lipinski definition) is 1. The summed E-state index contributed by atoms with van der Waals surface area (Å²) in [7, 11) is -2.33. The highest BCUT2D eigenvalue weighted by Crippen LogP contribution is 2.38. The van der Waals surface area contributed by atoms with E-state index >= 15 is 0 Å². The van der Waals surface area contributed by atoms with Crippen LogP contribution >= 0.6 is 22.7 Å². The molecule has 0 unspecified atom stereocenters. The first-order valence-electron chi connectivity index (χ1n) is 11.5. The third kappa shape index (κ3) is 5.76. The fourth-order valence-electron chi connectivity index (χ4n) is 4.16. The number of amides is 2. The number of ether oxygens (including phenoxy) is 1. The number of esters is 1. The molecule has 4 rings (SSSR count). The van der Waals surface area contributed by atoms with E-state index in [0.717, 1.165) is 45.5 Å². The summed E-state index contributed by atoms with van der Waals surface area (Å²) in [6, 6.07) is 5.83. The summed E-state index contributed by atoms with van der Waals surface area (Å²) in [4.78, 5) is 43.0. The maximum Gasteiger partial charge on any atom is 0.341 e. The molecule has 2 amide bonds. The van der Waals surface area contributed by atoms with E-state index in [4.69, 9.17) is 4.74 Å². The number of aryl methyl sites for hydroxylation is 3. The van der Waals surface area contributed by atoms with Crippen molar-refractivity contribution < 1.29 is 27.5 Å². The van der Waals surface area contributed by atoms with Gasteiger partial charge in [0.15, 0.2) is 14.6 Å². The number of fused-ring (bicyclic) bond motifs is 2. The molecule has 2 aromatic heterocycles. The number of sulfone groups is 1. The highest BCUT2D eigenvalue weighted by Gasteiger charge is 2.28. The molecule has 1 aliphatic rings. The number of thiazole rings is 1. The van der Waals surface area contributed by atoms with Gasteiger partial charge in [0, 0.05) is 11.9 Å². The van der Waals surface area contributed by atoms with E-state index in [9.17, 15) is 22.8 Å². The van der Waals surface area contributed by atoms with E-state index in [1.54, 1.807) is 18.5 Å². The van der Waals surface area contributed by atoms with Gasteiger partial charge in [-0.25, -0.2) is 13.2 Å². The molecule has 0 aliphatic heterocycles. The zero-order valence-electron chi connectivity index (χ0n) is 20.3. The number of carbonyl (C=O) groups excluding carboxylic acids is 3. The van der Waals surface area contributed by atoms with Crippen molar-refractivity contribution in [3.63, 3.8) is 0 Å². The maximum atomic E-state index is 12.6. The molecule has 0 atom stereocenters. The molecule has 1 aliphatic carbocycles. The molecule has 1 aromatic carbocycles. The zero-order chi connectivity index (χ0) is 26.0. The third-order valence-corrected chi connectivity index (χ3v) is 9.47. The van der Waals surface area contributed by atoms with Crippen LogP contribution in [0.15, 0.2) is 23.2 Å². The van der Waals surface area contributed by atoms with Gasteiger partial charge in [0.05, 0.1) is 22.4 Å². The zero-order valence-corrected chi connectivity index (χ0v) is 22.7. The van der Waals surface area contributed by atoms with Crippen molar-refractivity contribution in [3.05, 3.63) is 44.6 Å². The minimum Gasteiger partial charge on any atom is -0.462 e. The number of rotatable bonds is 7. The summed E-state index contributed by atoms with van der Waals surface area (Å²) >= 11 is 2.56. The van der Waals surface area contributed by atoms with Crippen LogP contribution in [0.4, 0.5) is 5.00 Å². The number of anilines is 1. The third-order valence-electron chi connectivity index (χ3n) is 5.78. The molecule has 2 heterocycles. The highest BCUT2D eigenvalue weighted by atomic mass is 32.2. The average molecular weight is 550 g/mol. The number of nitrogens with one attached hydrogen (secondary N) is 1. The van der Waals surface area contributed by atoms with E-state index < -0.39 is 39.1 Å². The van der Waals surface area contributed by atoms with Crippen LogP contribution in [-0.2, 0) is 44.1 Å². The van der Waals surface area contributed by atoms with Gasteiger partial charge >= 0.3 is 5.97 Å². The molecular weight excluding hydrogens is 522 g/mol. The molecule has 36 heavy (non-hydrogen) atoms. The Morgan fingerprint density at radius 3 is 2.64 bits per heavy atom. The Bertz CT molecular complexity index is 1530. The lowest BCUT2D eigenvalue weighted by molar-refractivity contribution is -0.115. The van der Waals surface area contributed by atoms with E-state index in [1.165, 1.54) is 22.7 Å². The van der Waals surface area contributed by atoms with Gasteiger partial charge in [0.2, 0.25) is 5.91 Å². The minimum atomic E-state index is -4.09. The fourth-order valence-corrected chi connectivity index (χ4v) is 7.60. The van der Waals surface area contributed by atoms with Crippen molar-refractivity contribution in [3.8, 4) is 0 Å². The molecule has 1 N–H and O–H groups in total. The second-order valence-electron chi connectivity index (χ2n) is 8.64. The van der Waals surface area contributed by atoms with E-state index in [-0.39, 0.29) is 6.61 Å². The van der Waals surface area contributed by atoms with Gasteiger partial charge in [0.1, 0.15) is 16.5 Å². The van der Waals surface area contributed by atoms with Gasteiger partial charge in [-0.2, -0.15) is 4.99 Å². The SMILES string of the molecule is CCOC(=O)c1c(NC(=O)CS(=O)(=O)CC(=O)N=c2sc3cc(C)ccc3n2C)sc2c1CCCC2. The smallest absolute Gasteiger partial charge is 0.341 e. The molecule has 0 bridgehead atoms. The summed E-state index contributed by atoms with van der Waals surface area (Å²) in [5.41, 5.74) is 3.12. The standard InChI is InChI=1S/C24H27N3O6S3/c1-4-33-23(30)21-15-7-5-6-8-17(15)34-22(21)25-19(28)12-36(31,32)13-20(29)26-24-27(3)16-10-9-14(2)11-18(16)35-24/h9-11H,4-8,12-13H2,1-3H3,(H,25,28). The summed E-state index contributed by atoms with van der Waals surface area (Å²) < 4.78 is 33.1. The molecule has 0 radical (unpaired) electrons. The minimum absolute atomic E-state index is 0.188. The number of thiophene rings is 1. The Kier molecular flexibility index (Phi) is 7.76. The van der Waals surface area contributed by atoms with Crippen LogP contribution in [0.25, 0.3) is 10.2 Å². The van der Waals surface area contributed by atoms with Gasteiger partial charge in [-0.1, -0.05) is 17.4 Å². The molecule has 0 fully saturated rings. The Balaban J connectivity index is 1.48. The summed E-state index contributed by atoms with van der Waals surface area (Å²) in [5, 5.41) is 2.87. The van der Waals surface area contributed by atoms with Crippen molar-refractivity contribution in [2.24, 2.45) is 12.0 Å². The van der Waals surface area contributed by atoms with Crippen molar-refractivity contribution in [1.29, 1.82) is 0 Å². The summed E-state index contributed by atoms with van der Waals surface area (Å²) in [6.45, 7) is 3.84. The predicted octanol–water partition coefficient (Wildman–Crippen LogP) is 3.15. The van der Waals surface area contributed by atoms with Crippen molar-refractivity contribution in [2.75, 3.05) is 23.4 Å². The lowest BCUT2D eigenvalue weighted by Crippen LogP contribution is -2.28. The Hall–Kier alpha value is -2.83. The number of aromatic nitrogens is 1. The molecule has 0 saturated carbocycles. The normalized spacial score (nSPS) is 14.0. The first-order valence-corrected chi connectivity index (χ1v) is 15.0. The van der Waals surface area contributed by atoms with Crippen LogP contribution in [0.3, 0.4) is 0 Å². The summed E-state index contributed by atoms with van der Waals surface area (Å²) in [5.74, 6) is -3.97. The van der Waals surface area contributed by atoms with E-state index in [1.807, 2.05) is 25.1 Å². The van der Waals surface area contributed by atoms with Gasteiger partial charge in [0.25, 0.3) is 5.91 Å². The maximum absolute atomic E-state index is 12.6. The van der Waals surface area contributed by atoms with Gasteiger partial charge in [-0.15, -0.1) is 11.3 Å². The first kappa shape index (κ1) is 26.2. The van der Waals surface area contributed by atoms with Crippen LogP contribution in [0.1, 0.15) is 46.1 Å².